The largest absolute Gasteiger partial charge is 0.337 e. The molecule has 1 aliphatic carbocycles. The van der Waals surface area contributed by atoms with Gasteiger partial charge in [-0.15, -0.1) is 11.3 Å². The molecule has 1 saturated carbocycles. The highest BCUT2D eigenvalue weighted by Crippen LogP contribution is 2.43. The van der Waals surface area contributed by atoms with Crippen LogP contribution in [0.3, 0.4) is 0 Å². The average molecular weight is 607 g/mol. The first-order chi connectivity index (χ1) is 20.9. The summed E-state index contributed by atoms with van der Waals surface area (Å²) < 4.78 is 1.37. The maximum absolute atomic E-state index is 13.1. The monoisotopic (exact) mass is 606 g/mol. The molecule has 1 N–H and O–H groups in total. The molecule has 1 aliphatic heterocycles. The number of nitriles is 1. The zero-order valence-corrected chi connectivity index (χ0v) is 24.2. The minimum absolute atomic E-state index is 0.114. The van der Waals surface area contributed by atoms with Crippen LogP contribution >= 0.6 is 23.1 Å². The van der Waals surface area contributed by atoms with E-state index in [1.54, 1.807) is 36.4 Å². The Labute approximate surface area is 253 Å². The summed E-state index contributed by atoms with van der Waals surface area (Å²) in [5.74, 6) is -0.331. The van der Waals surface area contributed by atoms with E-state index in [2.05, 4.69) is 21.0 Å². The first-order valence-corrected chi connectivity index (χ1v) is 15.3. The Kier molecular flexibility index (Phi) is 6.76. The number of fused-ring (bicyclic) bond motifs is 3. The number of allylic oxidation sites excluding steroid dienone is 1. The summed E-state index contributed by atoms with van der Waals surface area (Å²) in [6.45, 7) is 0. The fourth-order valence-corrected chi connectivity index (χ4v) is 7.98. The summed E-state index contributed by atoms with van der Waals surface area (Å²) >= 11 is 2.51. The summed E-state index contributed by atoms with van der Waals surface area (Å²) in [5.41, 5.74) is 3.35. The molecule has 2 aliphatic rings. The summed E-state index contributed by atoms with van der Waals surface area (Å²) in [6, 6.07) is 19.6. The van der Waals surface area contributed by atoms with Crippen LogP contribution in [0.4, 0.5) is 11.4 Å². The third-order valence-corrected chi connectivity index (χ3v) is 10.0. The molecule has 2 aromatic heterocycles. The lowest BCUT2D eigenvalue weighted by Gasteiger charge is -2.19. The van der Waals surface area contributed by atoms with Gasteiger partial charge in [0.15, 0.2) is 4.34 Å². The van der Waals surface area contributed by atoms with Gasteiger partial charge < -0.3 is 4.98 Å². The number of hydrogen-bond donors (Lipinski definition) is 1. The molecule has 1 saturated heterocycles. The van der Waals surface area contributed by atoms with Gasteiger partial charge in [0.2, 0.25) is 11.8 Å². The number of nitro benzene ring substituents is 1. The second-order valence-electron chi connectivity index (χ2n) is 10.5. The van der Waals surface area contributed by atoms with Crippen LogP contribution in [-0.2, 0) is 9.59 Å². The van der Waals surface area contributed by atoms with Gasteiger partial charge in [-0.1, -0.05) is 42.8 Å². The standard InChI is InChI=1S/C31H22N6O4S2/c32-16-18(28-33-22-7-3-4-8-23(22)34-28)13-17-9-12-26(25(14-17)37(40)41)42-31-35-24-11-10-19(15-27(24)43-31)36-29(38)20-5-1-2-6-21(20)30(36)39/h3-4,7-15,20-21H,1-2,5-6H2,(H,33,34)/b18-13+/t20-,21+. The van der Waals surface area contributed by atoms with Crippen LogP contribution in [0.1, 0.15) is 37.1 Å². The van der Waals surface area contributed by atoms with E-state index in [1.165, 1.54) is 34.1 Å². The highest BCUT2D eigenvalue weighted by Gasteiger charge is 2.48. The number of imidazole rings is 1. The summed E-state index contributed by atoms with van der Waals surface area (Å²) in [6.07, 6.45) is 5.00. The number of benzene rings is 3. The number of amides is 2. The minimum atomic E-state index is -0.456. The van der Waals surface area contributed by atoms with Crippen molar-refractivity contribution >= 4 is 79.2 Å². The first kappa shape index (κ1) is 27.0. The molecular weight excluding hydrogens is 585 g/mol. The topological polar surface area (TPSA) is 146 Å². The van der Waals surface area contributed by atoms with E-state index < -0.39 is 4.92 Å². The van der Waals surface area contributed by atoms with E-state index >= 15 is 0 Å². The molecular formula is C31H22N6O4S2. The normalized spacial score (nSPS) is 18.8. The molecule has 2 fully saturated rings. The Balaban J connectivity index is 1.16. The zero-order valence-electron chi connectivity index (χ0n) is 22.5. The van der Waals surface area contributed by atoms with E-state index in [1.807, 2.05) is 24.3 Å². The summed E-state index contributed by atoms with van der Waals surface area (Å²) in [5, 5.41) is 21.8. The first-order valence-electron chi connectivity index (χ1n) is 13.7. The smallest absolute Gasteiger partial charge is 0.283 e. The lowest BCUT2D eigenvalue weighted by molar-refractivity contribution is -0.387. The number of carbonyl (C=O) groups excluding carboxylic acids is 2. The Hall–Kier alpha value is -4.86. The summed E-state index contributed by atoms with van der Waals surface area (Å²) in [4.78, 5) is 51.7. The molecule has 10 nitrogen and oxygen atoms in total. The van der Waals surface area contributed by atoms with Crippen molar-refractivity contribution in [1.82, 2.24) is 15.0 Å². The average Bonchev–Trinajstić information content (AvgIpc) is 3.70. The summed E-state index contributed by atoms with van der Waals surface area (Å²) in [7, 11) is 0. The van der Waals surface area contributed by atoms with Crippen molar-refractivity contribution in [2.45, 2.75) is 34.9 Å². The van der Waals surface area contributed by atoms with Crippen molar-refractivity contribution < 1.29 is 14.5 Å². The van der Waals surface area contributed by atoms with Gasteiger partial charge in [-0.3, -0.25) is 24.6 Å². The van der Waals surface area contributed by atoms with Crippen molar-refractivity contribution in [3.63, 3.8) is 0 Å². The highest BCUT2D eigenvalue weighted by atomic mass is 32.2. The Bertz CT molecular complexity index is 1980. The van der Waals surface area contributed by atoms with Crippen LogP contribution in [-0.4, -0.2) is 31.7 Å². The van der Waals surface area contributed by atoms with Crippen molar-refractivity contribution in [2.75, 3.05) is 4.90 Å². The van der Waals surface area contributed by atoms with E-state index in [4.69, 9.17) is 0 Å². The Morgan fingerprint density at radius 1 is 1.05 bits per heavy atom. The zero-order chi connectivity index (χ0) is 29.7. The van der Waals surface area contributed by atoms with Crippen molar-refractivity contribution in [1.29, 1.82) is 5.26 Å². The SMILES string of the molecule is N#C/C(=C\c1ccc(Sc2nc3ccc(N4C(=O)[C@H]5CCCC[C@H]5C4=O)cc3s2)c([N+](=O)[O-])c1)c1nc2ccccc2[nH]1. The van der Waals surface area contributed by atoms with E-state index in [9.17, 15) is 25.0 Å². The number of aromatic nitrogens is 3. The Morgan fingerprint density at radius 2 is 1.81 bits per heavy atom. The lowest BCUT2D eigenvalue weighted by Crippen LogP contribution is -2.30. The number of nitro groups is 1. The maximum atomic E-state index is 13.1. The second-order valence-corrected chi connectivity index (χ2v) is 12.8. The molecule has 0 unspecified atom stereocenters. The molecule has 12 heteroatoms. The number of nitrogens with one attached hydrogen (secondary N) is 1. The van der Waals surface area contributed by atoms with Gasteiger partial charge in [-0.2, -0.15) is 5.26 Å². The number of aromatic amines is 1. The number of H-pyrrole nitrogens is 1. The molecule has 43 heavy (non-hydrogen) atoms. The van der Waals surface area contributed by atoms with Crippen LogP contribution < -0.4 is 4.90 Å². The van der Waals surface area contributed by atoms with E-state index in [-0.39, 0.29) is 34.9 Å². The number of nitrogens with zero attached hydrogens (tertiary/aromatic N) is 5. The predicted octanol–water partition coefficient (Wildman–Crippen LogP) is 6.98. The van der Waals surface area contributed by atoms with Crippen LogP contribution in [0.5, 0.6) is 0 Å². The molecule has 212 valence electrons. The quantitative estimate of drug-likeness (QED) is 0.0943. The van der Waals surface area contributed by atoms with Crippen LogP contribution in [0.2, 0.25) is 0 Å². The number of thiazole rings is 1. The number of carbonyl (C=O) groups is 2. The molecule has 5 aromatic rings. The molecule has 2 amide bonds. The fourth-order valence-electron chi connectivity index (χ4n) is 5.84. The Morgan fingerprint density at radius 3 is 2.53 bits per heavy atom. The fraction of sp³-hybridized carbons (Fsp3) is 0.194. The molecule has 2 atom stereocenters. The van der Waals surface area contributed by atoms with Gasteiger partial charge in [0.05, 0.1) is 54.2 Å². The predicted molar refractivity (Wildman–Crippen MR) is 164 cm³/mol. The third kappa shape index (κ3) is 4.86. The second kappa shape index (κ2) is 10.8. The van der Waals surface area contributed by atoms with E-state index in [0.717, 1.165) is 41.4 Å². The van der Waals surface area contributed by atoms with Gasteiger partial charge in [-0.05, 0) is 60.9 Å². The van der Waals surface area contributed by atoms with Gasteiger partial charge in [0.1, 0.15) is 11.9 Å². The minimum Gasteiger partial charge on any atom is -0.337 e. The number of anilines is 1. The van der Waals surface area contributed by atoms with Crippen molar-refractivity contribution in [2.24, 2.45) is 11.8 Å². The van der Waals surface area contributed by atoms with Crippen molar-refractivity contribution in [3.8, 4) is 6.07 Å². The molecule has 0 radical (unpaired) electrons. The number of hydrogen-bond acceptors (Lipinski definition) is 9. The molecule has 3 aromatic carbocycles. The maximum Gasteiger partial charge on any atom is 0.283 e. The molecule has 0 bridgehead atoms. The highest BCUT2D eigenvalue weighted by molar-refractivity contribution is 8.01. The molecule has 0 spiro atoms. The molecule has 3 heterocycles. The van der Waals surface area contributed by atoms with Gasteiger partial charge in [0, 0.05) is 6.07 Å². The van der Waals surface area contributed by atoms with Crippen LogP contribution in [0, 0.1) is 33.3 Å². The van der Waals surface area contributed by atoms with Crippen molar-refractivity contribution in [3.05, 3.63) is 82.2 Å². The van der Waals surface area contributed by atoms with Crippen LogP contribution in [0.15, 0.2) is 69.9 Å². The number of rotatable bonds is 6. The molecule has 7 rings (SSSR count). The van der Waals surface area contributed by atoms with E-state index in [0.29, 0.717) is 31.8 Å². The van der Waals surface area contributed by atoms with Gasteiger partial charge >= 0.3 is 0 Å². The number of para-hydroxylation sites is 2. The van der Waals surface area contributed by atoms with Crippen LogP contribution in [0.25, 0.3) is 32.9 Å². The van der Waals surface area contributed by atoms with Gasteiger partial charge in [0.25, 0.3) is 5.69 Å². The lowest BCUT2D eigenvalue weighted by atomic mass is 9.81. The number of imide groups is 1. The third-order valence-electron chi connectivity index (χ3n) is 7.90. The van der Waals surface area contributed by atoms with Gasteiger partial charge in [-0.25, -0.2) is 9.97 Å².